The third kappa shape index (κ3) is 2.06. The number of anilines is 2. The average molecular weight is 358 g/mol. The number of benzene rings is 2. The highest BCUT2D eigenvalue weighted by Gasteiger charge is 2.39. The lowest BCUT2D eigenvalue weighted by molar-refractivity contribution is 0.592. The van der Waals surface area contributed by atoms with E-state index in [1.807, 2.05) is 48.6 Å². The van der Waals surface area contributed by atoms with Crippen LogP contribution in [0, 0.1) is 55.4 Å². The van der Waals surface area contributed by atoms with Crippen LogP contribution in [0.1, 0.15) is 44.5 Å². The SMILES string of the molecule is Cc1c(C)c(C)c2c(c1C)N(C)c1c(C)c(C)c(C)c(C)c1S2(=O)=O. The smallest absolute Gasteiger partial charge is 0.211 e. The van der Waals surface area contributed by atoms with Crippen molar-refractivity contribution in [1.29, 1.82) is 0 Å². The monoisotopic (exact) mass is 357 g/mol. The van der Waals surface area contributed by atoms with Crippen LogP contribution in [-0.2, 0) is 9.84 Å². The Hall–Kier alpha value is -1.81. The summed E-state index contributed by atoms with van der Waals surface area (Å²) in [5, 5.41) is 0. The van der Waals surface area contributed by atoms with Gasteiger partial charge in [-0.1, -0.05) is 0 Å². The lowest BCUT2D eigenvalue weighted by Crippen LogP contribution is -2.27. The minimum Gasteiger partial charge on any atom is -0.342 e. The summed E-state index contributed by atoms with van der Waals surface area (Å²) in [6.07, 6.45) is 0. The van der Waals surface area contributed by atoms with Gasteiger partial charge in [0.1, 0.15) is 0 Å². The van der Waals surface area contributed by atoms with Gasteiger partial charge in [-0.2, -0.15) is 0 Å². The molecule has 0 N–H and O–H groups in total. The number of nitrogens with zero attached hydrogens (tertiary/aromatic N) is 1. The first-order chi connectivity index (χ1) is 11.4. The molecule has 0 aromatic heterocycles. The van der Waals surface area contributed by atoms with Crippen LogP contribution < -0.4 is 4.90 Å². The molecular weight excluding hydrogens is 330 g/mol. The Morgan fingerprint density at radius 3 is 1.12 bits per heavy atom. The van der Waals surface area contributed by atoms with Gasteiger partial charge in [0.25, 0.3) is 0 Å². The molecule has 0 fully saturated rings. The van der Waals surface area contributed by atoms with E-state index in [1.165, 1.54) is 11.1 Å². The lowest BCUT2D eigenvalue weighted by Gasteiger charge is -2.36. The zero-order valence-corrected chi connectivity index (χ0v) is 17.5. The third-order valence-electron chi connectivity index (χ3n) is 6.41. The van der Waals surface area contributed by atoms with Gasteiger partial charge in [-0.15, -0.1) is 0 Å². The fraction of sp³-hybridized carbons (Fsp3) is 0.429. The molecule has 4 heteroatoms. The van der Waals surface area contributed by atoms with Gasteiger partial charge < -0.3 is 4.90 Å². The van der Waals surface area contributed by atoms with Crippen LogP contribution in [0.25, 0.3) is 0 Å². The molecule has 2 aromatic rings. The molecule has 3 nitrogen and oxygen atoms in total. The van der Waals surface area contributed by atoms with Crippen LogP contribution in [-0.4, -0.2) is 15.5 Å². The topological polar surface area (TPSA) is 37.4 Å². The molecule has 0 atom stereocenters. The number of sulfone groups is 1. The maximum absolute atomic E-state index is 13.7. The molecular formula is C21H27NO2S. The van der Waals surface area contributed by atoms with Crippen LogP contribution in [0.4, 0.5) is 11.4 Å². The van der Waals surface area contributed by atoms with Crippen molar-refractivity contribution in [1.82, 2.24) is 0 Å². The van der Waals surface area contributed by atoms with Crippen LogP contribution >= 0.6 is 0 Å². The summed E-state index contributed by atoms with van der Waals surface area (Å²) in [6.45, 7) is 16.1. The van der Waals surface area contributed by atoms with E-state index in [9.17, 15) is 8.42 Å². The minimum atomic E-state index is -3.56. The van der Waals surface area contributed by atoms with Crippen molar-refractivity contribution in [2.45, 2.75) is 65.2 Å². The first kappa shape index (κ1) is 18.0. The van der Waals surface area contributed by atoms with Crippen LogP contribution in [0.5, 0.6) is 0 Å². The third-order valence-corrected chi connectivity index (χ3v) is 8.48. The molecule has 0 bridgehead atoms. The van der Waals surface area contributed by atoms with Crippen LogP contribution in [0.15, 0.2) is 9.79 Å². The molecule has 25 heavy (non-hydrogen) atoms. The molecule has 2 aromatic carbocycles. The largest absolute Gasteiger partial charge is 0.342 e. The summed E-state index contributed by atoms with van der Waals surface area (Å²) in [5.41, 5.74) is 9.95. The Balaban J connectivity index is 2.62. The van der Waals surface area contributed by atoms with Gasteiger partial charge in [-0.25, -0.2) is 8.42 Å². The minimum absolute atomic E-state index is 0.480. The molecule has 0 radical (unpaired) electrons. The maximum Gasteiger partial charge on any atom is 0.211 e. The zero-order chi connectivity index (χ0) is 19.0. The summed E-state index contributed by atoms with van der Waals surface area (Å²) in [6, 6.07) is 0. The Kier molecular flexibility index (Phi) is 3.84. The van der Waals surface area contributed by atoms with Gasteiger partial charge in [0.05, 0.1) is 21.2 Å². The van der Waals surface area contributed by atoms with E-state index in [-0.39, 0.29) is 0 Å². The first-order valence-electron chi connectivity index (χ1n) is 8.64. The predicted molar refractivity (Wildman–Crippen MR) is 104 cm³/mol. The quantitative estimate of drug-likeness (QED) is 0.661. The summed E-state index contributed by atoms with van der Waals surface area (Å²) in [7, 11) is -1.57. The normalized spacial score (nSPS) is 15.2. The molecule has 1 heterocycles. The van der Waals surface area contributed by atoms with Crippen molar-refractivity contribution >= 4 is 21.2 Å². The van der Waals surface area contributed by atoms with Crippen LogP contribution in [0.3, 0.4) is 0 Å². The van der Waals surface area contributed by atoms with Gasteiger partial charge >= 0.3 is 0 Å². The molecule has 1 aliphatic rings. The molecule has 0 aliphatic carbocycles. The fourth-order valence-electron chi connectivity index (χ4n) is 4.20. The highest BCUT2D eigenvalue weighted by molar-refractivity contribution is 7.92. The summed E-state index contributed by atoms with van der Waals surface area (Å²) >= 11 is 0. The molecule has 0 spiro atoms. The highest BCUT2D eigenvalue weighted by Crippen LogP contribution is 2.51. The molecule has 0 saturated heterocycles. The van der Waals surface area contributed by atoms with Crippen molar-refractivity contribution in [2.75, 3.05) is 11.9 Å². The Morgan fingerprint density at radius 1 is 0.520 bits per heavy atom. The second-order valence-electron chi connectivity index (χ2n) is 7.42. The van der Waals surface area contributed by atoms with Gasteiger partial charge in [-0.05, 0) is 99.9 Å². The van der Waals surface area contributed by atoms with Crippen molar-refractivity contribution < 1.29 is 8.42 Å². The molecule has 0 amide bonds. The second-order valence-corrected chi connectivity index (χ2v) is 9.24. The second kappa shape index (κ2) is 5.34. The predicted octanol–water partition coefficient (Wildman–Crippen LogP) is 5.07. The van der Waals surface area contributed by atoms with Crippen molar-refractivity contribution in [2.24, 2.45) is 0 Å². The number of hydrogen-bond donors (Lipinski definition) is 0. The first-order valence-corrected chi connectivity index (χ1v) is 10.1. The van der Waals surface area contributed by atoms with E-state index in [1.54, 1.807) is 0 Å². The molecule has 3 rings (SSSR count). The van der Waals surface area contributed by atoms with Gasteiger partial charge in [0, 0.05) is 7.05 Å². The van der Waals surface area contributed by atoms with Gasteiger partial charge in [0.2, 0.25) is 9.84 Å². The molecule has 1 aliphatic heterocycles. The molecule has 0 saturated carbocycles. The highest BCUT2D eigenvalue weighted by atomic mass is 32.2. The summed E-state index contributed by atoms with van der Waals surface area (Å²) in [5.74, 6) is 0. The lowest BCUT2D eigenvalue weighted by atomic mass is 9.94. The summed E-state index contributed by atoms with van der Waals surface area (Å²) < 4.78 is 27.4. The van der Waals surface area contributed by atoms with Crippen molar-refractivity contribution in [3.63, 3.8) is 0 Å². The number of rotatable bonds is 0. The number of hydrogen-bond acceptors (Lipinski definition) is 3. The maximum atomic E-state index is 13.7. The van der Waals surface area contributed by atoms with E-state index in [2.05, 4.69) is 18.7 Å². The van der Waals surface area contributed by atoms with E-state index >= 15 is 0 Å². The van der Waals surface area contributed by atoms with E-state index in [0.717, 1.165) is 44.8 Å². The van der Waals surface area contributed by atoms with Crippen molar-refractivity contribution in [3.05, 3.63) is 44.5 Å². The molecule has 134 valence electrons. The van der Waals surface area contributed by atoms with Gasteiger partial charge in [0.15, 0.2) is 0 Å². The van der Waals surface area contributed by atoms with Crippen molar-refractivity contribution in [3.8, 4) is 0 Å². The molecule has 0 unspecified atom stereocenters. The zero-order valence-electron chi connectivity index (χ0n) is 16.7. The Bertz CT molecular complexity index is 970. The fourth-order valence-corrected chi connectivity index (χ4v) is 6.60. The number of fused-ring (bicyclic) bond motifs is 2. The van der Waals surface area contributed by atoms with Gasteiger partial charge in [-0.3, -0.25) is 0 Å². The standard InChI is InChI=1S/C21H27NO2S/c1-10-12(3)16(7)20-18(14(10)5)22(9)19-15(6)11(2)13(4)17(8)21(19)25(20,23)24/h1-9H3. The van der Waals surface area contributed by atoms with E-state index in [4.69, 9.17) is 0 Å². The summed E-state index contributed by atoms with van der Waals surface area (Å²) in [4.78, 5) is 3.05. The van der Waals surface area contributed by atoms with E-state index in [0.29, 0.717) is 9.79 Å². The van der Waals surface area contributed by atoms with Crippen LogP contribution in [0.2, 0.25) is 0 Å². The average Bonchev–Trinajstić information content (AvgIpc) is 2.55. The van der Waals surface area contributed by atoms with E-state index < -0.39 is 9.84 Å². The Labute approximate surface area is 151 Å². The Morgan fingerprint density at radius 2 is 0.800 bits per heavy atom.